The quantitative estimate of drug-likeness (QED) is 0.888. The van der Waals surface area contributed by atoms with Gasteiger partial charge in [-0.15, -0.1) is 0 Å². The Morgan fingerprint density at radius 2 is 1.85 bits per heavy atom. The molecule has 0 aromatic heterocycles. The second-order valence-electron chi connectivity index (χ2n) is 4.93. The zero-order valence-corrected chi connectivity index (χ0v) is 12.3. The molecule has 0 spiro atoms. The number of rotatable bonds is 2. The fourth-order valence-corrected chi connectivity index (χ4v) is 2.84. The average Bonchev–Trinajstić information content (AvgIpc) is 2.76. The average molecular weight is 332 g/mol. The Kier molecular flexibility index (Phi) is 3.59. The maximum Gasteiger partial charge on any atom is 0.251 e. The van der Waals surface area contributed by atoms with Crippen molar-refractivity contribution < 1.29 is 9.90 Å². The Labute approximate surface area is 125 Å². The predicted molar refractivity (Wildman–Crippen MR) is 80.5 cm³/mol. The summed E-state index contributed by atoms with van der Waals surface area (Å²) in [5, 5.41) is 13.0. The molecule has 1 amide bonds. The largest absolute Gasteiger partial charge is 0.390 e. The minimum Gasteiger partial charge on any atom is -0.390 e. The highest BCUT2D eigenvalue weighted by atomic mass is 79.9. The van der Waals surface area contributed by atoms with Crippen LogP contribution in [-0.2, 0) is 6.42 Å². The lowest BCUT2D eigenvalue weighted by molar-refractivity contribution is 0.0858. The topological polar surface area (TPSA) is 49.3 Å². The van der Waals surface area contributed by atoms with Gasteiger partial charge < -0.3 is 10.4 Å². The molecule has 2 atom stereocenters. The van der Waals surface area contributed by atoms with Crippen LogP contribution in [0, 0.1) is 0 Å². The fraction of sp³-hybridized carbons (Fsp3) is 0.188. The number of aliphatic hydroxyl groups excluding tert-OH is 1. The van der Waals surface area contributed by atoms with E-state index < -0.39 is 6.10 Å². The second kappa shape index (κ2) is 5.38. The van der Waals surface area contributed by atoms with E-state index in [4.69, 9.17) is 0 Å². The first kappa shape index (κ1) is 13.3. The van der Waals surface area contributed by atoms with E-state index in [1.54, 1.807) is 12.1 Å². The third-order valence-corrected chi connectivity index (χ3v) is 4.13. The number of aliphatic hydroxyl groups is 1. The van der Waals surface area contributed by atoms with Crippen LogP contribution in [-0.4, -0.2) is 17.1 Å². The van der Waals surface area contributed by atoms with Crippen LogP contribution in [0.4, 0.5) is 0 Å². The number of carbonyl (C=O) groups excluding carboxylic acids is 1. The van der Waals surface area contributed by atoms with Gasteiger partial charge >= 0.3 is 0 Å². The lowest BCUT2D eigenvalue weighted by atomic mass is 10.1. The molecular weight excluding hydrogens is 318 g/mol. The number of fused-ring (bicyclic) bond motifs is 1. The van der Waals surface area contributed by atoms with E-state index in [1.807, 2.05) is 36.4 Å². The summed E-state index contributed by atoms with van der Waals surface area (Å²) < 4.78 is 0.931. The minimum absolute atomic E-state index is 0.168. The summed E-state index contributed by atoms with van der Waals surface area (Å²) in [5.74, 6) is -0.168. The molecule has 3 nitrogen and oxygen atoms in total. The summed E-state index contributed by atoms with van der Waals surface area (Å²) in [6, 6.07) is 14.7. The molecule has 20 heavy (non-hydrogen) atoms. The molecule has 2 N–H and O–H groups in total. The van der Waals surface area contributed by atoms with Crippen molar-refractivity contribution in [1.29, 1.82) is 0 Å². The molecule has 0 radical (unpaired) electrons. The van der Waals surface area contributed by atoms with Gasteiger partial charge in [-0.05, 0) is 35.4 Å². The van der Waals surface area contributed by atoms with Gasteiger partial charge in [0.15, 0.2) is 0 Å². The van der Waals surface area contributed by atoms with Crippen LogP contribution in [0.5, 0.6) is 0 Å². The van der Waals surface area contributed by atoms with E-state index in [1.165, 1.54) is 0 Å². The highest BCUT2D eigenvalue weighted by Gasteiger charge is 2.31. The first-order valence-electron chi connectivity index (χ1n) is 6.47. The second-order valence-corrected chi connectivity index (χ2v) is 5.84. The third kappa shape index (κ3) is 2.49. The molecule has 0 fully saturated rings. The Morgan fingerprint density at radius 3 is 2.60 bits per heavy atom. The number of halogens is 1. The van der Waals surface area contributed by atoms with Crippen LogP contribution in [0.15, 0.2) is 53.0 Å². The Hall–Kier alpha value is -1.65. The van der Waals surface area contributed by atoms with Gasteiger partial charge in [0.05, 0.1) is 12.1 Å². The third-order valence-electron chi connectivity index (χ3n) is 3.60. The molecule has 0 aliphatic heterocycles. The van der Waals surface area contributed by atoms with Crippen LogP contribution in [0.3, 0.4) is 0 Å². The van der Waals surface area contributed by atoms with Crippen LogP contribution >= 0.6 is 15.9 Å². The number of hydrogen-bond acceptors (Lipinski definition) is 2. The molecule has 0 bridgehead atoms. The number of benzene rings is 2. The number of hydrogen-bond donors (Lipinski definition) is 2. The molecule has 2 aromatic carbocycles. The van der Waals surface area contributed by atoms with Gasteiger partial charge in [-0.2, -0.15) is 0 Å². The molecular formula is C16H14BrNO2. The summed E-state index contributed by atoms with van der Waals surface area (Å²) in [7, 11) is 0. The standard InChI is InChI=1S/C16H14BrNO2/c17-12-7-5-10(6-8-12)16(20)18-15-13-4-2-1-3-11(13)9-14(15)19/h1-8,14-15,19H,9H2,(H,18,20). The van der Waals surface area contributed by atoms with Crippen molar-refractivity contribution >= 4 is 21.8 Å². The van der Waals surface area contributed by atoms with Gasteiger partial charge in [0.25, 0.3) is 5.91 Å². The lowest BCUT2D eigenvalue weighted by Crippen LogP contribution is -2.33. The van der Waals surface area contributed by atoms with Crippen molar-refractivity contribution in [2.45, 2.75) is 18.6 Å². The van der Waals surface area contributed by atoms with Crippen molar-refractivity contribution in [1.82, 2.24) is 5.32 Å². The first-order valence-corrected chi connectivity index (χ1v) is 7.27. The molecule has 2 unspecified atom stereocenters. The summed E-state index contributed by atoms with van der Waals surface area (Å²) in [6.07, 6.45) is 0.0216. The summed E-state index contributed by atoms with van der Waals surface area (Å²) in [5.41, 5.74) is 2.69. The number of nitrogens with one attached hydrogen (secondary N) is 1. The van der Waals surface area contributed by atoms with Crippen LogP contribution in [0.1, 0.15) is 27.5 Å². The van der Waals surface area contributed by atoms with Crippen molar-refractivity contribution in [3.05, 3.63) is 69.7 Å². The molecule has 0 heterocycles. The minimum atomic E-state index is -0.563. The molecule has 4 heteroatoms. The van der Waals surface area contributed by atoms with E-state index in [9.17, 15) is 9.90 Å². The van der Waals surface area contributed by atoms with Gasteiger partial charge in [-0.25, -0.2) is 0 Å². The van der Waals surface area contributed by atoms with Crippen molar-refractivity contribution in [2.24, 2.45) is 0 Å². The molecule has 1 aliphatic rings. The van der Waals surface area contributed by atoms with Crippen LogP contribution in [0.2, 0.25) is 0 Å². The van der Waals surface area contributed by atoms with E-state index in [2.05, 4.69) is 21.2 Å². The maximum absolute atomic E-state index is 12.2. The Balaban J connectivity index is 1.81. The predicted octanol–water partition coefficient (Wildman–Crippen LogP) is 2.84. The summed E-state index contributed by atoms with van der Waals surface area (Å²) in [6.45, 7) is 0. The number of carbonyl (C=O) groups is 1. The van der Waals surface area contributed by atoms with Gasteiger partial charge in [-0.1, -0.05) is 40.2 Å². The fourth-order valence-electron chi connectivity index (χ4n) is 2.57. The molecule has 2 aromatic rings. The van der Waals surface area contributed by atoms with E-state index in [-0.39, 0.29) is 11.9 Å². The molecule has 0 saturated heterocycles. The summed E-state index contributed by atoms with van der Waals surface area (Å²) in [4.78, 5) is 12.2. The van der Waals surface area contributed by atoms with Crippen LogP contribution < -0.4 is 5.32 Å². The van der Waals surface area contributed by atoms with Crippen molar-refractivity contribution in [3.63, 3.8) is 0 Å². The normalized spacial score (nSPS) is 20.5. The van der Waals surface area contributed by atoms with Gasteiger partial charge in [-0.3, -0.25) is 4.79 Å². The maximum atomic E-state index is 12.2. The van der Waals surface area contributed by atoms with Crippen LogP contribution in [0.25, 0.3) is 0 Å². The highest BCUT2D eigenvalue weighted by molar-refractivity contribution is 9.10. The highest BCUT2D eigenvalue weighted by Crippen LogP contribution is 2.31. The molecule has 0 saturated carbocycles. The van der Waals surface area contributed by atoms with E-state index >= 15 is 0 Å². The van der Waals surface area contributed by atoms with E-state index in [0.29, 0.717) is 12.0 Å². The zero-order chi connectivity index (χ0) is 14.1. The van der Waals surface area contributed by atoms with Gasteiger partial charge in [0, 0.05) is 16.5 Å². The summed E-state index contributed by atoms with van der Waals surface area (Å²) >= 11 is 3.34. The monoisotopic (exact) mass is 331 g/mol. The molecule has 1 aliphatic carbocycles. The van der Waals surface area contributed by atoms with Crippen molar-refractivity contribution in [3.8, 4) is 0 Å². The first-order chi connectivity index (χ1) is 9.65. The Bertz CT molecular complexity index is 639. The smallest absolute Gasteiger partial charge is 0.251 e. The Morgan fingerprint density at radius 1 is 1.15 bits per heavy atom. The molecule has 102 valence electrons. The number of amides is 1. The van der Waals surface area contributed by atoms with E-state index in [0.717, 1.165) is 15.6 Å². The van der Waals surface area contributed by atoms with Gasteiger partial charge in [0.2, 0.25) is 0 Å². The van der Waals surface area contributed by atoms with Crippen molar-refractivity contribution in [2.75, 3.05) is 0 Å². The SMILES string of the molecule is O=C(NC1c2ccccc2CC1O)c1ccc(Br)cc1. The zero-order valence-electron chi connectivity index (χ0n) is 10.7. The lowest BCUT2D eigenvalue weighted by Gasteiger charge is -2.18. The van der Waals surface area contributed by atoms with Gasteiger partial charge in [0.1, 0.15) is 0 Å². The molecule has 3 rings (SSSR count).